The van der Waals surface area contributed by atoms with Gasteiger partial charge in [0.25, 0.3) is 0 Å². The fourth-order valence-corrected chi connectivity index (χ4v) is 3.20. The van der Waals surface area contributed by atoms with E-state index in [1.165, 1.54) is 25.7 Å². The van der Waals surface area contributed by atoms with Crippen molar-refractivity contribution in [2.75, 3.05) is 6.54 Å². The Labute approximate surface area is 101 Å². The molecule has 1 heterocycles. The molecule has 2 atom stereocenters. The minimum Gasteiger partial charge on any atom is -0.314 e. The lowest BCUT2D eigenvalue weighted by Gasteiger charge is -2.11. The first-order chi connectivity index (χ1) is 7.88. The van der Waals surface area contributed by atoms with Gasteiger partial charge in [-0.2, -0.15) is 0 Å². The van der Waals surface area contributed by atoms with Crippen LogP contribution in [-0.4, -0.2) is 27.8 Å². The number of thioether (sulfide) groups is 1. The van der Waals surface area contributed by atoms with Crippen molar-refractivity contribution in [3.8, 4) is 0 Å². The quantitative estimate of drug-likeness (QED) is 0.798. The Bertz CT molecular complexity index is 304. The maximum atomic E-state index is 4.26. The summed E-state index contributed by atoms with van der Waals surface area (Å²) in [6.07, 6.45) is 8.68. The highest BCUT2D eigenvalue weighted by molar-refractivity contribution is 7.99. The lowest BCUT2D eigenvalue weighted by Crippen LogP contribution is -2.27. The molecule has 1 aromatic rings. The second-order valence-corrected chi connectivity index (χ2v) is 5.50. The molecule has 88 valence electrons. The molecule has 2 unspecified atom stereocenters. The molecule has 4 heteroatoms. The second-order valence-electron chi connectivity index (χ2n) is 4.24. The normalized spacial score (nSPS) is 24.8. The Kier molecular flexibility index (Phi) is 4.60. The molecule has 1 aromatic heterocycles. The smallest absolute Gasteiger partial charge is 0.187 e. The Morgan fingerprint density at radius 2 is 2.19 bits per heavy atom. The molecular weight excluding hydrogens is 218 g/mol. The van der Waals surface area contributed by atoms with Crippen LogP contribution in [0.3, 0.4) is 0 Å². The molecule has 1 aliphatic carbocycles. The van der Waals surface area contributed by atoms with Crippen LogP contribution < -0.4 is 5.32 Å². The van der Waals surface area contributed by atoms with E-state index in [-0.39, 0.29) is 0 Å². The van der Waals surface area contributed by atoms with E-state index >= 15 is 0 Å². The highest BCUT2D eigenvalue weighted by Gasteiger charge is 2.25. The SMILES string of the molecule is CCCNC1CCC(Sc2ncccn2)C1. The zero-order chi connectivity index (χ0) is 11.2. The van der Waals surface area contributed by atoms with Gasteiger partial charge in [0.1, 0.15) is 0 Å². The second kappa shape index (κ2) is 6.21. The van der Waals surface area contributed by atoms with Gasteiger partial charge in [-0.25, -0.2) is 9.97 Å². The first-order valence-corrected chi connectivity index (χ1v) is 6.93. The fraction of sp³-hybridized carbons (Fsp3) is 0.667. The van der Waals surface area contributed by atoms with Crippen LogP contribution in [0.5, 0.6) is 0 Å². The molecule has 16 heavy (non-hydrogen) atoms. The first-order valence-electron chi connectivity index (χ1n) is 6.05. The van der Waals surface area contributed by atoms with Gasteiger partial charge in [0.2, 0.25) is 0 Å². The van der Waals surface area contributed by atoms with Gasteiger partial charge in [-0.3, -0.25) is 0 Å². The summed E-state index contributed by atoms with van der Waals surface area (Å²) in [7, 11) is 0. The maximum Gasteiger partial charge on any atom is 0.187 e. The third kappa shape index (κ3) is 3.46. The van der Waals surface area contributed by atoms with Gasteiger partial charge < -0.3 is 5.32 Å². The van der Waals surface area contributed by atoms with E-state index in [1.807, 2.05) is 30.2 Å². The third-order valence-corrected chi connectivity index (χ3v) is 4.06. The minimum atomic E-state index is 0.691. The average molecular weight is 237 g/mol. The molecule has 2 rings (SSSR count). The summed E-state index contributed by atoms with van der Waals surface area (Å²) in [4.78, 5) is 8.52. The van der Waals surface area contributed by atoms with Crippen molar-refractivity contribution < 1.29 is 0 Å². The molecule has 1 N–H and O–H groups in total. The van der Waals surface area contributed by atoms with Crippen LogP contribution in [0.4, 0.5) is 0 Å². The molecule has 0 radical (unpaired) electrons. The van der Waals surface area contributed by atoms with Crippen LogP contribution in [0.25, 0.3) is 0 Å². The van der Waals surface area contributed by atoms with E-state index in [1.54, 1.807) is 0 Å². The number of aromatic nitrogens is 2. The summed E-state index contributed by atoms with van der Waals surface area (Å²) in [5.74, 6) is 0. The molecule has 0 spiro atoms. The van der Waals surface area contributed by atoms with Gasteiger partial charge in [-0.1, -0.05) is 18.7 Å². The zero-order valence-electron chi connectivity index (χ0n) is 9.72. The van der Waals surface area contributed by atoms with E-state index in [4.69, 9.17) is 0 Å². The van der Waals surface area contributed by atoms with Gasteiger partial charge in [-0.05, 0) is 38.3 Å². The predicted molar refractivity (Wildman–Crippen MR) is 67.6 cm³/mol. The molecule has 0 bridgehead atoms. The van der Waals surface area contributed by atoms with Gasteiger partial charge in [0.15, 0.2) is 5.16 Å². The number of hydrogen-bond donors (Lipinski definition) is 1. The standard InChI is InChI=1S/C12H19N3S/c1-2-6-13-10-4-5-11(9-10)16-12-14-7-3-8-15-12/h3,7-8,10-11,13H,2,4-6,9H2,1H3. The van der Waals surface area contributed by atoms with E-state index in [0.29, 0.717) is 11.3 Å². The van der Waals surface area contributed by atoms with Crippen LogP contribution in [-0.2, 0) is 0 Å². The molecule has 1 saturated carbocycles. The van der Waals surface area contributed by atoms with E-state index in [2.05, 4.69) is 22.2 Å². The van der Waals surface area contributed by atoms with Crippen molar-refractivity contribution in [1.82, 2.24) is 15.3 Å². The van der Waals surface area contributed by atoms with Gasteiger partial charge in [-0.15, -0.1) is 0 Å². The van der Waals surface area contributed by atoms with E-state index < -0.39 is 0 Å². The van der Waals surface area contributed by atoms with E-state index in [0.717, 1.165) is 11.7 Å². The van der Waals surface area contributed by atoms with Crippen LogP contribution in [0, 0.1) is 0 Å². The third-order valence-electron chi connectivity index (χ3n) is 2.88. The Morgan fingerprint density at radius 1 is 1.38 bits per heavy atom. The molecular formula is C12H19N3S. The summed E-state index contributed by atoms with van der Waals surface area (Å²) < 4.78 is 0. The van der Waals surface area contributed by atoms with Gasteiger partial charge in [0, 0.05) is 23.7 Å². The zero-order valence-corrected chi connectivity index (χ0v) is 10.5. The first kappa shape index (κ1) is 11.9. The number of nitrogens with zero attached hydrogens (tertiary/aromatic N) is 2. The van der Waals surface area contributed by atoms with Crippen LogP contribution in [0.1, 0.15) is 32.6 Å². The Balaban J connectivity index is 1.76. The molecule has 0 saturated heterocycles. The molecule has 0 amide bonds. The molecule has 1 aliphatic rings. The van der Waals surface area contributed by atoms with Crippen molar-refractivity contribution in [1.29, 1.82) is 0 Å². The van der Waals surface area contributed by atoms with E-state index in [9.17, 15) is 0 Å². The van der Waals surface area contributed by atoms with Crippen LogP contribution >= 0.6 is 11.8 Å². The Hall–Kier alpha value is -0.610. The fourth-order valence-electron chi connectivity index (χ4n) is 2.08. The molecule has 0 aromatic carbocycles. The average Bonchev–Trinajstić information content (AvgIpc) is 2.75. The van der Waals surface area contributed by atoms with Crippen molar-refractivity contribution in [3.05, 3.63) is 18.5 Å². The highest BCUT2D eigenvalue weighted by Crippen LogP contribution is 2.32. The molecule has 3 nitrogen and oxygen atoms in total. The lowest BCUT2D eigenvalue weighted by molar-refractivity contribution is 0.524. The van der Waals surface area contributed by atoms with Crippen molar-refractivity contribution in [2.45, 2.75) is 49.1 Å². The van der Waals surface area contributed by atoms with Crippen molar-refractivity contribution in [2.24, 2.45) is 0 Å². The van der Waals surface area contributed by atoms with Gasteiger partial charge in [0.05, 0.1) is 0 Å². The Morgan fingerprint density at radius 3 is 2.94 bits per heavy atom. The summed E-state index contributed by atoms with van der Waals surface area (Å²) in [5, 5.41) is 5.20. The minimum absolute atomic E-state index is 0.691. The largest absolute Gasteiger partial charge is 0.314 e. The van der Waals surface area contributed by atoms with Crippen molar-refractivity contribution >= 4 is 11.8 Å². The summed E-state index contributed by atoms with van der Waals surface area (Å²) in [6.45, 7) is 3.36. The lowest BCUT2D eigenvalue weighted by atomic mass is 10.2. The predicted octanol–water partition coefficient (Wildman–Crippen LogP) is 2.49. The summed E-state index contributed by atoms with van der Waals surface area (Å²) in [6, 6.07) is 2.57. The number of rotatable bonds is 5. The van der Waals surface area contributed by atoms with Gasteiger partial charge >= 0.3 is 0 Å². The summed E-state index contributed by atoms with van der Waals surface area (Å²) in [5.41, 5.74) is 0. The van der Waals surface area contributed by atoms with Crippen LogP contribution in [0.2, 0.25) is 0 Å². The van der Waals surface area contributed by atoms with Crippen LogP contribution in [0.15, 0.2) is 23.6 Å². The monoisotopic (exact) mass is 237 g/mol. The molecule has 1 fully saturated rings. The number of hydrogen-bond acceptors (Lipinski definition) is 4. The maximum absolute atomic E-state index is 4.26. The summed E-state index contributed by atoms with van der Waals surface area (Å²) >= 11 is 1.83. The highest BCUT2D eigenvalue weighted by atomic mass is 32.2. The number of nitrogens with one attached hydrogen (secondary N) is 1. The topological polar surface area (TPSA) is 37.8 Å². The molecule has 0 aliphatic heterocycles. The van der Waals surface area contributed by atoms with Crippen molar-refractivity contribution in [3.63, 3.8) is 0 Å².